The Morgan fingerprint density at radius 1 is 1.00 bits per heavy atom. The average Bonchev–Trinajstić information content (AvgIpc) is 2.46. The third-order valence-electron chi connectivity index (χ3n) is 4.01. The summed E-state index contributed by atoms with van der Waals surface area (Å²) in [5.41, 5.74) is 0.593. The fourth-order valence-electron chi connectivity index (χ4n) is 2.90. The van der Waals surface area contributed by atoms with Crippen molar-refractivity contribution < 1.29 is 30.0 Å². The number of hydrogen-bond donors (Lipinski definition) is 4. The number of carbonyl (C=O) groups excluding carboxylic acids is 2. The van der Waals surface area contributed by atoms with Gasteiger partial charge >= 0.3 is 0 Å². The molecule has 1 aromatic carbocycles. The van der Waals surface area contributed by atoms with E-state index in [1.54, 1.807) is 0 Å². The van der Waals surface area contributed by atoms with E-state index in [2.05, 4.69) is 0 Å². The summed E-state index contributed by atoms with van der Waals surface area (Å²) in [7, 11) is 0. The van der Waals surface area contributed by atoms with Crippen LogP contribution in [0.25, 0.3) is 0 Å². The number of Topliss-reactive ketones (excluding diaryl/α,β-unsaturated/α-hetero) is 2. The number of phenolic OH excluding ortho intramolecular Hbond substituents is 1. The minimum atomic E-state index is -1.10. The van der Waals surface area contributed by atoms with Crippen molar-refractivity contribution in [3.05, 3.63) is 40.0 Å². The van der Waals surface area contributed by atoms with Crippen LogP contribution in [-0.2, 0) is 6.61 Å². The van der Waals surface area contributed by atoms with Crippen LogP contribution < -0.4 is 0 Å². The zero-order valence-corrected chi connectivity index (χ0v) is 11.0. The van der Waals surface area contributed by atoms with Crippen LogP contribution in [0.15, 0.2) is 23.3 Å². The molecule has 0 radical (unpaired) electrons. The van der Waals surface area contributed by atoms with Crippen molar-refractivity contribution in [3.8, 4) is 5.75 Å². The Labute approximate surface area is 120 Å². The van der Waals surface area contributed by atoms with Crippen LogP contribution in [0.3, 0.4) is 0 Å². The van der Waals surface area contributed by atoms with Crippen LogP contribution in [0.5, 0.6) is 5.75 Å². The molecule has 3 rings (SSSR count). The highest BCUT2D eigenvalue weighted by Gasteiger charge is 2.40. The van der Waals surface area contributed by atoms with E-state index < -0.39 is 23.8 Å². The molecular formula is C15H14O6. The van der Waals surface area contributed by atoms with Gasteiger partial charge in [-0.15, -0.1) is 0 Å². The molecule has 21 heavy (non-hydrogen) atoms. The van der Waals surface area contributed by atoms with Crippen LogP contribution in [0.4, 0.5) is 0 Å². The minimum Gasteiger partial charge on any atom is -0.507 e. The fraction of sp³-hybridized carbons (Fsp3) is 0.333. The van der Waals surface area contributed by atoms with E-state index in [1.165, 1.54) is 12.1 Å². The molecule has 6 nitrogen and oxygen atoms in total. The van der Waals surface area contributed by atoms with Gasteiger partial charge in [-0.25, -0.2) is 0 Å². The Bertz CT molecular complexity index is 688. The van der Waals surface area contributed by atoms with Crippen LogP contribution in [0, 0.1) is 0 Å². The second-order valence-corrected chi connectivity index (χ2v) is 5.35. The van der Waals surface area contributed by atoms with E-state index in [1.807, 2.05) is 0 Å². The zero-order chi connectivity index (χ0) is 15.3. The van der Waals surface area contributed by atoms with Gasteiger partial charge in [-0.05, 0) is 17.7 Å². The molecule has 0 spiro atoms. The van der Waals surface area contributed by atoms with Gasteiger partial charge in [0.2, 0.25) is 0 Å². The van der Waals surface area contributed by atoms with Crippen LogP contribution >= 0.6 is 0 Å². The Morgan fingerprint density at radius 2 is 1.57 bits per heavy atom. The normalized spacial score (nSPS) is 24.9. The maximum atomic E-state index is 12.5. The van der Waals surface area contributed by atoms with Gasteiger partial charge in [0.1, 0.15) is 5.75 Å². The van der Waals surface area contributed by atoms with E-state index in [0.717, 1.165) is 0 Å². The Kier molecular flexibility index (Phi) is 3.16. The molecule has 0 fully saturated rings. The third kappa shape index (κ3) is 1.99. The topological polar surface area (TPSA) is 115 Å². The van der Waals surface area contributed by atoms with Crippen molar-refractivity contribution in [2.75, 3.05) is 0 Å². The van der Waals surface area contributed by atoms with E-state index >= 15 is 0 Å². The third-order valence-corrected chi connectivity index (χ3v) is 4.01. The molecular weight excluding hydrogens is 276 g/mol. The molecule has 0 saturated carbocycles. The first kappa shape index (κ1) is 13.9. The Hall–Kier alpha value is -2.02. The molecule has 0 aromatic heterocycles. The van der Waals surface area contributed by atoms with Crippen molar-refractivity contribution in [2.45, 2.75) is 31.7 Å². The Morgan fingerprint density at radius 3 is 2.14 bits per heavy atom. The first-order valence-corrected chi connectivity index (χ1v) is 6.58. The van der Waals surface area contributed by atoms with Gasteiger partial charge in [0.25, 0.3) is 0 Å². The van der Waals surface area contributed by atoms with Crippen LogP contribution in [0.1, 0.15) is 39.1 Å². The van der Waals surface area contributed by atoms with Gasteiger partial charge in [0.15, 0.2) is 11.6 Å². The van der Waals surface area contributed by atoms with E-state index in [9.17, 15) is 24.9 Å². The zero-order valence-electron chi connectivity index (χ0n) is 11.0. The number of phenols is 1. The molecule has 2 aliphatic carbocycles. The van der Waals surface area contributed by atoms with Crippen molar-refractivity contribution in [1.29, 1.82) is 0 Å². The number of carbonyl (C=O) groups is 2. The fourth-order valence-corrected chi connectivity index (χ4v) is 2.90. The van der Waals surface area contributed by atoms with Crippen molar-refractivity contribution in [1.82, 2.24) is 0 Å². The molecule has 0 saturated heterocycles. The highest BCUT2D eigenvalue weighted by Crippen LogP contribution is 2.39. The molecule has 6 heteroatoms. The lowest BCUT2D eigenvalue weighted by atomic mass is 9.75. The largest absolute Gasteiger partial charge is 0.507 e. The second kappa shape index (κ2) is 4.77. The molecule has 0 bridgehead atoms. The molecule has 0 heterocycles. The first-order valence-electron chi connectivity index (χ1n) is 6.58. The lowest BCUT2D eigenvalue weighted by Gasteiger charge is -2.30. The molecule has 4 N–H and O–H groups in total. The summed E-state index contributed by atoms with van der Waals surface area (Å²) in [6.07, 6.45) is -2.38. The maximum Gasteiger partial charge on any atom is 0.193 e. The van der Waals surface area contributed by atoms with Crippen LogP contribution in [0.2, 0.25) is 0 Å². The number of ketones is 2. The lowest BCUT2D eigenvalue weighted by Crippen LogP contribution is -2.37. The van der Waals surface area contributed by atoms with E-state index in [4.69, 9.17) is 5.11 Å². The summed E-state index contributed by atoms with van der Waals surface area (Å²) in [5, 5.41) is 38.4. The molecule has 110 valence electrons. The highest BCUT2D eigenvalue weighted by molar-refractivity contribution is 6.28. The van der Waals surface area contributed by atoms with Gasteiger partial charge in [-0.3, -0.25) is 9.59 Å². The van der Waals surface area contributed by atoms with Crippen molar-refractivity contribution in [2.24, 2.45) is 0 Å². The molecule has 0 amide bonds. The summed E-state index contributed by atoms with van der Waals surface area (Å²) in [4.78, 5) is 24.9. The van der Waals surface area contributed by atoms with Crippen molar-refractivity contribution >= 4 is 11.6 Å². The standard InChI is InChI=1S/C15H14O6/c16-5-6-1-9-13(12(19)2-6)15(21)8-4-11(18)10(17)3-7(8)14(9)20/h1-2,10-11,16-19H,3-5H2/t10-,11+/m0/s1. The van der Waals surface area contributed by atoms with Gasteiger partial charge in [-0.2, -0.15) is 0 Å². The number of hydrogen-bond acceptors (Lipinski definition) is 6. The summed E-state index contributed by atoms with van der Waals surface area (Å²) in [6.45, 7) is -0.366. The predicted octanol–water partition coefficient (Wildman–Crippen LogP) is 0.0757. The second-order valence-electron chi connectivity index (χ2n) is 5.35. The van der Waals surface area contributed by atoms with Gasteiger partial charge in [0, 0.05) is 29.6 Å². The molecule has 2 atom stereocenters. The number of aliphatic hydroxyl groups excluding tert-OH is 3. The lowest BCUT2D eigenvalue weighted by molar-refractivity contribution is 0.0135. The molecule has 0 unspecified atom stereocenters. The van der Waals surface area contributed by atoms with Gasteiger partial charge in [-0.1, -0.05) is 0 Å². The van der Waals surface area contributed by atoms with Crippen LogP contribution in [-0.4, -0.2) is 44.2 Å². The highest BCUT2D eigenvalue weighted by atomic mass is 16.3. The summed E-state index contributed by atoms with van der Waals surface area (Å²) < 4.78 is 0. The molecule has 1 aromatic rings. The predicted molar refractivity (Wildman–Crippen MR) is 71.0 cm³/mol. The minimum absolute atomic E-state index is 0.0337. The smallest absolute Gasteiger partial charge is 0.193 e. The number of aliphatic hydroxyl groups is 3. The summed E-state index contributed by atoms with van der Waals surface area (Å²) in [5.74, 6) is -1.31. The number of aromatic hydroxyl groups is 1. The van der Waals surface area contributed by atoms with E-state index in [-0.39, 0.29) is 47.5 Å². The van der Waals surface area contributed by atoms with Gasteiger partial charge in [0.05, 0.1) is 24.4 Å². The average molecular weight is 290 g/mol. The Balaban J connectivity index is 2.19. The van der Waals surface area contributed by atoms with Crippen molar-refractivity contribution in [3.63, 3.8) is 0 Å². The maximum absolute atomic E-state index is 12.5. The molecule has 2 aliphatic rings. The summed E-state index contributed by atoms with van der Waals surface area (Å²) >= 11 is 0. The quantitative estimate of drug-likeness (QED) is 0.582. The number of fused-ring (bicyclic) bond motifs is 1. The number of rotatable bonds is 1. The SMILES string of the molecule is O=C1C2=C(C[C@@H](O)[C@@H](O)C2)C(=O)c2c(O)cc(CO)cc21. The number of benzene rings is 1. The van der Waals surface area contributed by atoms with Gasteiger partial charge < -0.3 is 20.4 Å². The first-order chi connectivity index (χ1) is 9.93. The van der Waals surface area contributed by atoms with E-state index in [0.29, 0.717) is 5.56 Å². The molecule has 0 aliphatic heterocycles. The summed E-state index contributed by atoms with van der Waals surface area (Å²) in [6, 6.07) is 2.61. The monoisotopic (exact) mass is 290 g/mol.